The van der Waals surface area contributed by atoms with Crippen molar-refractivity contribution in [2.45, 2.75) is 25.3 Å². The number of hydrogen-bond donors (Lipinski definition) is 2. The maximum absolute atomic E-state index is 13.4. The van der Waals surface area contributed by atoms with Crippen molar-refractivity contribution in [3.63, 3.8) is 0 Å². The van der Waals surface area contributed by atoms with E-state index in [0.717, 1.165) is 23.0 Å². The van der Waals surface area contributed by atoms with E-state index in [9.17, 15) is 12.8 Å². The second kappa shape index (κ2) is 5.45. The summed E-state index contributed by atoms with van der Waals surface area (Å²) in [7, 11) is -2.11. The van der Waals surface area contributed by atoms with Crippen molar-refractivity contribution in [2.75, 3.05) is 5.73 Å². The average molecular weight is 312 g/mol. The lowest BCUT2D eigenvalue weighted by Gasteiger charge is -2.10. The van der Waals surface area contributed by atoms with E-state index < -0.39 is 15.8 Å². The number of nitrogens with two attached hydrogens (primary N) is 1. The van der Waals surface area contributed by atoms with Gasteiger partial charge in [0.05, 0.1) is 11.4 Å². The fourth-order valence-electron chi connectivity index (χ4n) is 2.07. The van der Waals surface area contributed by atoms with Gasteiger partial charge in [-0.25, -0.2) is 17.5 Å². The summed E-state index contributed by atoms with van der Waals surface area (Å²) in [6.45, 7) is 3.72. The maximum atomic E-state index is 13.4. The Hall–Kier alpha value is -1.93. The van der Waals surface area contributed by atoms with Gasteiger partial charge in [-0.2, -0.15) is 5.10 Å². The van der Waals surface area contributed by atoms with Gasteiger partial charge in [0.2, 0.25) is 10.0 Å². The molecule has 1 aromatic carbocycles. The Kier molecular flexibility index (Phi) is 4.02. The largest absolute Gasteiger partial charge is 0.395 e. The molecule has 8 heteroatoms. The summed E-state index contributed by atoms with van der Waals surface area (Å²) < 4.78 is 41.9. The minimum atomic E-state index is -3.89. The van der Waals surface area contributed by atoms with Crippen LogP contribution in [0.4, 0.5) is 10.1 Å². The molecule has 0 atom stereocenters. The van der Waals surface area contributed by atoms with Crippen molar-refractivity contribution in [3.05, 3.63) is 41.0 Å². The first-order valence-electron chi connectivity index (χ1n) is 6.26. The van der Waals surface area contributed by atoms with Crippen LogP contribution in [0, 0.1) is 19.7 Å². The van der Waals surface area contributed by atoms with E-state index >= 15 is 0 Å². The predicted octanol–water partition coefficient (Wildman–Crippen LogP) is 1.24. The third kappa shape index (κ3) is 2.91. The fraction of sp³-hybridized carbons (Fsp3) is 0.308. The standard InChI is InChI=1S/C13H17FN4O2S/c1-8-10(9(2)18(3)17-8)7-16-21(19,20)12-6-4-5-11(14)13(12)15/h4-6,16H,7,15H2,1-3H3. The van der Waals surface area contributed by atoms with Crippen LogP contribution in [0.25, 0.3) is 0 Å². The molecule has 0 aliphatic carbocycles. The number of halogens is 1. The zero-order valence-electron chi connectivity index (χ0n) is 12.0. The summed E-state index contributed by atoms with van der Waals surface area (Å²) in [5.74, 6) is -0.758. The highest BCUT2D eigenvalue weighted by Crippen LogP contribution is 2.21. The third-order valence-corrected chi connectivity index (χ3v) is 4.86. The summed E-state index contributed by atoms with van der Waals surface area (Å²) >= 11 is 0. The van der Waals surface area contributed by atoms with Gasteiger partial charge in [-0.15, -0.1) is 0 Å². The molecule has 0 spiro atoms. The second-order valence-corrected chi connectivity index (χ2v) is 6.48. The molecule has 2 aromatic rings. The Morgan fingerprint density at radius 2 is 2.05 bits per heavy atom. The van der Waals surface area contributed by atoms with Gasteiger partial charge in [0.15, 0.2) is 0 Å². The van der Waals surface area contributed by atoms with Crippen LogP contribution in [0.15, 0.2) is 23.1 Å². The molecular formula is C13H17FN4O2S. The van der Waals surface area contributed by atoms with Gasteiger partial charge in [0.25, 0.3) is 0 Å². The van der Waals surface area contributed by atoms with Crippen molar-refractivity contribution in [3.8, 4) is 0 Å². The van der Waals surface area contributed by atoms with Gasteiger partial charge in [-0.05, 0) is 26.0 Å². The number of hydrogen-bond acceptors (Lipinski definition) is 4. The van der Waals surface area contributed by atoms with Crippen LogP contribution in [-0.2, 0) is 23.6 Å². The number of nitrogens with zero attached hydrogens (tertiary/aromatic N) is 2. The summed E-state index contributed by atoms with van der Waals surface area (Å²) in [6, 6.07) is 3.69. The molecule has 0 radical (unpaired) electrons. The summed E-state index contributed by atoms with van der Waals surface area (Å²) in [5, 5.41) is 4.21. The SMILES string of the molecule is Cc1nn(C)c(C)c1CNS(=O)(=O)c1cccc(F)c1N. The summed E-state index contributed by atoms with van der Waals surface area (Å²) in [5.41, 5.74) is 7.50. The first-order valence-corrected chi connectivity index (χ1v) is 7.75. The molecule has 0 aliphatic heterocycles. The molecule has 0 aliphatic rings. The predicted molar refractivity (Wildman–Crippen MR) is 77.5 cm³/mol. The van der Waals surface area contributed by atoms with Gasteiger partial charge in [0, 0.05) is 24.8 Å². The molecule has 1 aromatic heterocycles. The molecular weight excluding hydrogens is 295 g/mol. The first kappa shape index (κ1) is 15.5. The number of para-hydroxylation sites is 1. The van der Waals surface area contributed by atoms with Crippen LogP contribution in [0.1, 0.15) is 17.0 Å². The molecule has 3 N–H and O–H groups in total. The van der Waals surface area contributed by atoms with E-state index in [2.05, 4.69) is 9.82 Å². The van der Waals surface area contributed by atoms with Crippen molar-refractivity contribution < 1.29 is 12.8 Å². The molecule has 2 rings (SSSR count). The van der Waals surface area contributed by atoms with Crippen molar-refractivity contribution in [2.24, 2.45) is 7.05 Å². The zero-order chi connectivity index (χ0) is 15.8. The number of rotatable bonds is 4. The van der Waals surface area contributed by atoms with Crippen LogP contribution >= 0.6 is 0 Å². The van der Waals surface area contributed by atoms with E-state index in [1.807, 2.05) is 6.92 Å². The number of nitrogen functional groups attached to an aromatic ring is 1. The van der Waals surface area contributed by atoms with E-state index in [1.165, 1.54) is 12.1 Å². The van der Waals surface area contributed by atoms with Crippen LogP contribution in [0.2, 0.25) is 0 Å². The Morgan fingerprint density at radius 1 is 1.38 bits per heavy atom. The van der Waals surface area contributed by atoms with E-state index in [1.54, 1.807) is 18.7 Å². The summed E-state index contributed by atoms with van der Waals surface area (Å²) in [6.07, 6.45) is 0. The first-order chi connectivity index (χ1) is 9.74. The number of sulfonamides is 1. The molecule has 1 heterocycles. The molecule has 0 saturated carbocycles. The van der Waals surface area contributed by atoms with Crippen LogP contribution < -0.4 is 10.5 Å². The smallest absolute Gasteiger partial charge is 0.243 e. The number of aryl methyl sites for hydroxylation is 2. The highest BCUT2D eigenvalue weighted by molar-refractivity contribution is 7.89. The van der Waals surface area contributed by atoms with Crippen molar-refractivity contribution in [1.29, 1.82) is 0 Å². The van der Waals surface area contributed by atoms with Gasteiger partial charge < -0.3 is 5.73 Å². The average Bonchev–Trinajstić information content (AvgIpc) is 2.64. The van der Waals surface area contributed by atoms with E-state index in [0.29, 0.717) is 0 Å². The molecule has 0 fully saturated rings. The zero-order valence-corrected chi connectivity index (χ0v) is 12.8. The van der Waals surface area contributed by atoms with E-state index in [-0.39, 0.29) is 17.1 Å². The van der Waals surface area contributed by atoms with E-state index in [4.69, 9.17) is 5.73 Å². The molecule has 6 nitrogen and oxygen atoms in total. The highest BCUT2D eigenvalue weighted by atomic mass is 32.2. The van der Waals surface area contributed by atoms with Gasteiger partial charge >= 0.3 is 0 Å². The van der Waals surface area contributed by atoms with Crippen LogP contribution in [0.3, 0.4) is 0 Å². The Morgan fingerprint density at radius 3 is 2.62 bits per heavy atom. The molecule has 114 valence electrons. The Labute approximate surface area is 122 Å². The second-order valence-electron chi connectivity index (χ2n) is 4.75. The molecule has 0 unspecified atom stereocenters. The van der Waals surface area contributed by atoms with Crippen molar-refractivity contribution in [1.82, 2.24) is 14.5 Å². The number of nitrogens with one attached hydrogen (secondary N) is 1. The third-order valence-electron chi connectivity index (χ3n) is 3.40. The minimum absolute atomic E-state index is 0.0732. The normalized spacial score (nSPS) is 11.8. The number of anilines is 1. The minimum Gasteiger partial charge on any atom is -0.395 e. The quantitative estimate of drug-likeness (QED) is 0.831. The maximum Gasteiger partial charge on any atom is 0.243 e. The topological polar surface area (TPSA) is 90.0 Å². The molecule has 0 amide bonds. The lowest BCUT2D eigenvalue weighted by atomic mass is 10.2. The molecule has 0 bridgehead atoms. The fourth-order valence-corrected chi connectivity index (χ4v) is 3.20. The molecule has 0 saturated heterocycles. The summed E-state index contributed by atoms with van der Waals surface area (Å²) in [4.78, 5) is -0.262. The van der Waals surface area contributed by atoms with Gasteiger partial charge in [-0.3, -0.25) is 4.68 Å². The lowest BCUT2D eigenvalue weighted by Crippen LogP contribution is -2.25. The van der Waals surface area contributed by atoms with Gasteiger partial charge in [-0.1, -0.05) is 6.07 Å². The Balaban J connectivity index is 2.28. The lowest BCUT2D eigenvalue weighted by molar-refractivity contribution is 0.578. The number of aromatic nitrogens is 2. The monoisotopic (exact) mass is 312 g/mol. The highest BCUT2D eigenvalue weighted by Gasteiger charge is 2.20. The number of benzene rings is 1. The van der Waals surface area contributed by atoms with Crippen LogP contribution in [0.5, 0.6) is 0 Å². The molecule has 21 heavy (non-hydrogen) atoms. The van der Waals surface area contributed by atoms with Gasteiger partial charge in [0.1, 0.15) is 10.7 Å². The van der Waals surface area contributed by atoms with Crippen molar-refractivity contribution >= 4 is 15.7 Å². The van der Waals surface area contributed by atoms with Crippen LogP contribution in [-0.4, -0.2) is 18.2 Å². The Bertz CT molecular complexity index is 784.